The highest BCUT2D eigenvalue weighted by atomic mass is 16.3. The maximum Gasteiger partial charge on any atom is 0.255 e. The first-order chi connectivity index (χ1) is 13.0. The average Bonchev–Trinajstić information content (AvgIpc) is 3.12. The number of aryl methyl sites for hydroxylation is 2. The largest absolute Gasteiger partial charge is 0.394 e. The summed E-state index contributed by atoms with van der Waals surface area (Å²) in [5, 5.41) is 17.0. The number of nitrogens with zero attached hydrogens (tertiary/aromatic N) is 2. The number of aromatic nitrogens is 2. The molecule has 0 spiro atoms. The van der Waals surface area contributed by atoms with Gasteiger partial charge in [-0.05, 0) is 38.0 Å². The van der Waals surface area contributed by atoms with Gasteiger partial charge in [0.25, 0.3) is 5.91 Å². The molecule has 2 aromatic carbocycles. The molecule has 5 heteroatoms. The molecule has 0 aliphatic heterocycles. The molecule has 27 heavy (non-hydrogen) atoms. The fourth-order valence-corrected chi connectivity index (χ4v) is 3.07. The smallest absolute Gasteiger partial charge is 0.255 e. The zero-order chi connectivity index (χ0) is 19.4. The summed E-state index contributed by atoms with van der Waals surface area (Å²) in [4.78, 5) is 12.9. The first-order valence-corrected chi connectivity index (χ1v) is 9.18. The van der Waals surface area contributed by atoms with Crippen LogP contribution in [0.2, 0.25) is 0 Å². The van der Waals surface area contributed by atoms with Gasteiger partial charge in [-0.3, -0.25) is 4.79 Å². The summed E-state index contributed by atoms with van der Waals surface area (Å²) in [5.74, 6) is -0.229. The molecule has 3 rings (SSSR count). The first-order valence-electron chi connectivity index (χ1n) is 9.18. The topological polar surface area (TPSA) is 67.2 Å². The Kier molecular flexibility index (Phi) is 5.72. The lowest BCUT2D eigenvalue weighted by Gasteiger charge is -2.14. The maximum atomic E-state index is 12.9. The van der Waals surface area contributed by atoms with Crippen molar-refractivity contribution in [2.24, 2.45) is 0 Å². The third kappa shape index (κ3) is 4.09. The monoisotopic (exact) mass is 363 g/mol. The van der Waals surface area contributed by atoms with Crippen molar-refractivity contribution in [3.8, 4) is 16.9 Å². The van der Waals surface area contributed by atoms with Crippen LogP contribution in [0.1, 0.15) is 34.8 Å². The van der Waals surface area contributed by atoms with Crippen LogP contribution in [0, 0.1) is 13.8 Å². The molecule has 1 heterocycles. The number of aliphatic hydroxyl groups is 1. The Morgan fingerprint density at radius 1 is 1.19 bits per heavy atom. The minimum atomic E-state index is -0.274. The molecule has 140 valence electrons. The number of para-hydroxylation sites is 1. The normalized spacial score (nSPS) is 12.0. The van der Waals surface area contributed by atoms with E-state index in [1.54, 1.807) is 10.9 Å². The van der Waals surface area contributed by atoms with Crippen LogP contribution in [0.25, 0.3) is 16.9 Å². The summed E-state index contributed by atoms with van der Waals surface area (Å²) in [6.45, 7) is 5.90. The Morgan fingerprint density at radius 2 is 1.93 bits per heavy atom. The number of amides is 1. The molecule has 0 fully saturated rings. The first kappa shape index (κ1) is 18.9. The van der Waals surface area contributed by atoms with Gasteiger partial charge in [0.2, 0.25) is 0 Å². The Morgan fingerprint density at radius 3 is 2.56 bits per heavy atom. The molecule has 1 atom stereocenters. The second kappa shape index (κ2) is 8.18. The van der Waals surface area contributed by atoms with E-state index in [0.29, 0.717) is 17.7 Å². The minimum absolute atomic E-state index is 0.0893. The van der Waals surface area contributed by atoms with E-state index < -0.39 is 0 Å². The van der Waals surface area contributed by atoms with Gasteiger partial charge < -0.3 is 10.4 Å². The molecule has 0 radical (unpaired) electrons. The van der Waals surface area contributed by atoms with Gasteiger partial charge in [-0.1, -0.05) is 48.9 Å². The SMILES string of the molecule is CCC(CO)NC(=O)c1cn(-c2ccccc2)nc1-c1ccc(C)cc1C. The highest BCUT2D eigenvalue weighted by Crippen LogP contribution is 2.27. The van der Waals surface area contributed by atoms with Crippen LogP contribution in [0.15, 0.2) is 54.7 Å². The van der Waals surface area contributed by atoms with Crippen molar-refractivity contribution >= 4 is 5.91 Å². The zero-order valence-corrected chi connectivity index (χ0v) is 15.9. The van der Waals surface area contributed by atoms with E-state index >= 15 is 0 Å². The third-order valence-corrected chi connectivity index (χ3v) is 4.67. The van der Waals surface area contributed by atoms with Gasteiger partial charge in [-0.15, -0.1) is 0 Å². The van der Waals surface area contributed by atoms with Crippen molar-refractivity contribution in [2.45, 2.75) is 33.2 Å². The number of nitrogens with one attached hydrogen (secondary N) is 1. The Bertz CT molecular complexity index is 928. The van der Waals surface area contributed by atoms with Crippen molar-refractivity contribution < 1.29 is 9.90 Å². The second-order valence-electron chi connectivity index (χ2n) is 6.75. The molecule has 0 saturated carbocycles. The summed E-state index contributed by atoms with van der Waals surface area (Å²) in [7, 11) is 0. The number of hydrogen-bond acceptors (Lipinski definition) is 3. The van der Waals surface area contributed by atoms with Gasteiger partial charge >= 0.3 is 0 Å². The molecule has 3 aromatic rings. The minimum Gasteiger partial charge on any atom is -0.394 e. The highest BCUT2D eigenvalue weighted by Gasteiger charge is 2.21. The molecule has 1 amide bonds. The van der Waals surface area contributed by atoms with Crippen molar-refractivity contribution in [1.82, 2.24) is 15.1 Å². The van der Waals surface area contributed by atoms with Gasteiger partial charge in [0.1, 0.15) is 5.69 Å². The Labute approximate surface area is 159 Å². The molecule has 0 aliphatic rings. The number of aliphatic hydroxyl groups excluding tert-OH is 1. The van der Waals surface area contributed by atoms with Crippen LogP contribution < -0.4 is 5.32 Å². The van der Waals surface area contributed by atoms with Gasteiger partial charge in [0.15, 0.2) is 0 Å². The number of hydrogen-bond donors (Lipinski definition) is 2. The molecule has 0 aliphatic carbocycles. The zero-order valence-electron chi connectivity index (χ0n) is 15.9. The molecule has 1 aromatic heterocycles. The Balaban J connectivity index is 2.09. The predicted molar refractivity (Wildman–Crippen MR) is 107 cm³/mol. The summed E-state index contributed by atoms with van der Waals surface area (Å²) >= 11 is 0. The van der Waals surface area contributed by atoms with Gasteiger partial charge in [0, 0.05) is 11.8 Å². The van der Waals surface area contributed by atoms with E-state index in [-0.39, 0.29) is 18.6 Å². The molecular formula is C22H25N3O2. The fourth-order valence-electron chi connectivity index (χ4n) is 3.07. The van der Waals surface area contributed by atoms with E-state index in [9.17, 15) is 9.90 Å². The summed E-state index contributed by atoms with van der Waals surface area (Å²) in [6, 6.07) is 15.5. The van der Waals surface area contributed by atoms with Gasteiger partial charge in [0.05, 0.1) is 23.9 Å². The average molecular weight is 363 g/mol. The lowest BCUT2D eigenvalue weighted by molar-refractivity contribution is 0.0915. The maximum absolute atomic E-state index is 12.9. The van der Waals surface area contributed by atoms with Crippen LogP contribution in [-0.2, 0) is 0 Å². The van der Waals surface area contributed by atoms with Crippen molar-refractivity contribution in [3.63, 3.8) is 0 Å². The van der Waals surface area contributed by atoms with E-state index in [2.05, 4.69) is 11.4 Å². The van der Waals surface area contributed by atoms with E-state index in [1.165, 1.54) is 0 Å². The second-order valence-corrected chi connectivity index (χ2v) is 6.75. The highest BCUT2D eigenvalue weighted by molar-refractivity contribution is 6.00. The molecule has 0 saturated heterocycles. The molecule has 5 nitrogen and oxygen atoms in total. The lowest BCUT2D eigenvalue weighted by Crippen LogP contribution is -2.37. The fraction of sp³-hybridized carbons (Fsp3) is 0.273. The van der Waals surface area contributed by atoms with Crippen LogP contribution in [-0.4, -0.2) is 33.4 Å². The standard InChI is InChI=1S/C22H25N3O2/c1-4-17(14-26)23-22(27)20-13-25(18-8-6-5-7-9-18)24-21(20)19-11-10-15(2)12-16(19)3/h5-13,17,26H,4,14H2,1-3H3,(H,23,27). The van der Waals surface area contributed by atoms with Crippen LogP contribution in [0.4, 0.5) is 0 Å². The molecule has 0 bridgehead atoms. The van der Waals surface area contributed by atoms with Crippen molar-refractivity contribution in [1.29, 1.82) is 0 Å². The molecule has 2 N–H and O–H groups in total. The van der Waals surface area contributed by atoms with Gasteiger partial charge in [-0.25, -0.2) is 4.68 Å². The van der Waals surface area contributed by atoms with E-state index in [0.717, 1.165) is 22.4 Å². The van der Waals surface area contributed by atoms with Crippen LogP contribution in [0.5, 0.6) is 0 Å². The van der Waals surface area contributed by atoms with Crippen molar-refractivity contribution in [3.05, 3.63) is 71.4 Å². The number of carbonyl (C=O) groups is 1. The van der Waals surface area contributed by atoms with Crippen LogP contribution in [0.3, 0.4) is 0 Å². The number of benzene rings is 2. The van der Waals surface area contributed by atoms with Crippen LogP contribution >= 0.6 is 0 Å². The van der Waals surface area contributed by atoms with E-state index in [1.807, 2.05) is 63.2 Å². The van der Waals surface area contributed by atoms with Gasteiger partial charge in [-0.2, -0.15) is 5.10 Å². The summed E-state index contributed by atoms with van der Waals surface area (Å²) in [5.41, 5.74) is 5.18. The quantitative estimate of drug-likeness (QED) is 0.702. The third-order valence-electron chi connectivity index (χ3n) is 4.67. The number of carbonyl (C=O) groups excluding carboxylic acids is 1. The summed E-state index contributed by atoms with van der Waals surface area (Å²) < 4.78 is 1.73. The Hall–Kier alpha value is -2.92. The van der Waals surface area contributed by atoms with E-state index in [4.69, 9.17) is 5.10 Å². The summed E-state index contributed by atoms with van der Waals surface area (Å²) in [6.07, 6.45) is 2.41. The predicted octanol–water partition coefficient (Wildman–Crippen LogP) is 3.66. The molecular weight excluding hydrogens is 338 g/mol. The molecule has 1 unspecified atom stereocenters. The lowest BCUT2D eigenvalue weighted by atomic mass is 10.0. The number of rotatable bonds is 6. The van der Waals surface area contributed by atoms with Crippen molar-refractivity contribution in [2.75, 3.05) is 6.61 Å².